The van der Waals surface area contributed by atoms with Crippen LogP contribution in [0, 0.1) is 0 Å². The molecule has 0 saturated carbocycles. The van der Waals surface area contributed by atoms with E-state index in [9.17, 15) is 9.90 Å². The number of carbonyl (C=O) groups excluding carboxylic acids is 1. The Balaban J connectivity index is 1.52. The summed E-state index contributed by atoms with van der Waals surface area (Å²) in [5, 5.41) is 15.3. The van der Waals surface area contributed by atoms with Gasteiger partial charge in [-0.05, 0) is 48.2 Å². The van der Waals surface area contributed by atoms with Gasteiger partial charge < -0.3 is 10.4 Å². The molecule has 3 aromatic carbocycles. The Kier molecular flexibility index (Phi) is 7.17. The van der Waals surface area contributed by atoms with E-state index in [1.807, 2.05) is 60.7 Å². The standard InChI is InChI=1S/C26H26Cl2N2O2/c27-22-12-11-20(17-23(22)28)24(18-29-25(31)19-7-3-1-4-8-19)30-15-13-26(32,14-16-30)21-9-5-2-6-10-21/h1-12,17,24,32H,13-16,18H2,(H,29,31). The van der Waals surface area contributed by atoms with Crippen molar-refractivity contribution in [3.63, 3.8) is 0 Å². The maximum absolute atomic E-state index is 12.7. The van der Waals surface area contributed by atoms with Crippen molar-refractivity contribution in [2.75, 3.05) is 19.6 Å². The van der Waals surface area contributed by atoms with E-state index in [0.717, 1.165) is 11.1 Å². The first-order valence-corrected chi connectivity index (χ1v) is 11.5. The van der Waals surface area contributed by atoms with E-state index in [4.69, 9.17) is 23.2 Å². The third kappa shape index (κ3) is 5.16. The molecule has 1 unspecified atom stereocenters. The van der Waals surface area contributed by atoms with Gasteiger partial charge in [-0.3, -0.25) is 9.69 Å². The lowest BCUT2D eigenvalue weighted by Crippen LogP contribution is -2.46. The number of nitrogens with zero attached hydrogens (tertiary/aromatic N) is 1. The fraction of sp³-hybridized carbons (Fsp3) is 0.269. The molecule has 4 rings (SSSR count). The topological polar surface area (TPSA) is 52.6 Å². The average molecular weight is 469 g/mol. The molecule has 1 aliphatic rings. The van der Waals surface area contributed by atoms with Gasteiger partial charge in [0, 0.05) is 25.2 Å². The minimum absolute atomic E-state index is 0.0854. The Hall–Kier alpha value is -2.37. The van der Waals surface area contributed by atoms with E-state index in [2.05, 4.69) is 10.2 Å². The molecular weight excluding hydrogens is 443 g/mol. The fourth-order valence-electron chi connectivity index (χ4n) is 4.30. The van der Waals surface area contributed by atoms with Gasteiger partial charge in [-0.1, -0.05) is 77.8 Å². The fourth-order valence-corrected chi connectivity index (χ4v) is 4.61. The van der Waals surface area contributed by atoms with E-state index < -0.39 is 5.60 Å². The zero-order valence-corrected chi connectivity index (χ0v) is 19.2. The summed E-state index contributed by atoms with van der Waals surface area (Å²) in [6.07, 6.45) is 1.23. The van der Waals surface area contributed by atoms with E-state index in [1.165, 1.54) is 0 Å². The zero-order chi connectivity index (χ0) is 22.6. The van der Waals surface area contributed by atoms with Crippen LogP contribution in [-0.4, -0.2) is 35.5 Å². The maximum Gasteiger partial charge on any atom is 0.251 e. The van der Waals surface area contributed by atoms with Crippen LogP contribution in [0.4, 0.5) is 0 Å². The van der Waals surface area contributed by atoms with Crippen LogP contribution in [0.2, 0.25) is 10.0 Å². The molecule has 1 atom stereocenters. The first-order valence-electron chi connectivity index (χ1n) is 10.8. The van der Waals surface area contributed by atoms with Crippen molar-refractivity contribution < 1.29 is 9.90 Å². The molecule has 32 heavy (non-hydrogen) atoms. The Bertz CT molecular complexity index is 1050. The third-order valence-corrected chi connectivity index (χ3v) is 6.94. The van der Waals surface area contributed by atoms with Crippen LogP contribution in [0.3, 0.4) is 0 Å². The summed E-state index contributed by atoms with van der Waals surface area (Å²) in [5.41, 5.74) is 1.71. The van der Waals surface area contributed by atoms with Gasteiger partial charge in [0.1, 0.15) is 0 Å². The second-order valence-corrected chi connectivity index (χ2v) is 9.01. The lowest BCUT2D eigenvalue weighted by Gasteiger charge is -2.42. The number of amides is 1. The number of piperidine rings is 1. The highest BCUT2D eigenvalue weighted by atomic mass is 35.5. The van der Waals surface area contributed by atoms with Crippen molar-refractivity contribution in [1.82, 2.24) is 10.2 Å². The van der Waals surface area contributed by atoms with Crippen LogP contribution in [0.5, 0.6) is 0 Å². The lowest BCUT2D eigenvalue weighted by atomic mass is 9.83. The van der Waals surface area contributed by atoms with Gasteiger partial charge in [0.15, 0.2) is 0 Å². The van der Waals surface area contributed by atoms with Crippen LogP contribution in [0.25, 0.3) is 0 Å². The van der Waals surface area contributed by atoms with Gasteiger partial charge in [-0.15, -0.1) is 0 Å². The van der Waals surface area contributed by atoms with Gasteiger partial charge in [-0.2, -0.15) is 0 Å². The van der Waals surface area contributed by atoms with E-state index in [1.54, 1.807) is 18.2 Å². The zero-order valence-electron chi connectivity index (χ0n) is 17.7. The second-order valence-electron chi connectivity index (χ2n) is 8.20. The number of rotatable bonds is 6. The van der Waals surface area contributed by atoms with Gasteiger partial charge in [0.25, 0.3) is 5.91 Å². The summed E-state index contributed by atoms with van der Waals surface area (Å²) in [6, 6.07) is 24.5. The van der Waals surface area contributed by atoms with Gasteiger partial charge in [0.05, 0.1) is 21.7 Å². The number of aliphatic hydroxyl groups is 1. The Morgan fingerprint density at radius 1 is 0.938 bits per heavy atom. The molecule has 2 N–H and O–H groups in total. The highest BCUT2D eigenvalue weighted by molar-refractivity contribution is 6.42. The summed E-state index contributed by atoms with van der Waals surface area (Å²) in [7, 11) is 0. The van der Waals surface area contributed by atoms with Crippen molar-refractivity contribution in [1.29, 1.82) is 0 Å². The third-order valence-electron chi connectivity index (χ3n) is 6.20. The number of halogens is 2. The summed E-state index contributed by atoms with van der Waals surface area (Å²) < 4.78 is 0. The van der Waals surface area contributed by atoms with Gasteiger partial charge in [-0.25, -0.2) is 0 Å². The van der Waals surface area contributed by atoms with Crippen molar-refractivity contribution in [3.05, 3.63) is 106 Å². The summed E-state index contributed by atoms with van der Waals surface area (Å²) in [5.74, 6) is -0.117. The maximum atomic E-state index is 12.7. The van der Waals surface area contributed by atoms with Crippen LogP contribution >= 0.6 is 23.2 Å². The van der Waals surface area contributed by atoms with Crippen molar-refractivity contribution in [2.45, 2.75) is 24.5 Å². The number of likely N-dealkylation sites (tertiary alicyclic amines) is 1. The van der Waals surface area contributed by atoms with Gasteiger partial charge >= 0.3 is 0 Å². The minimum atomic E-state index is -0.840. The molecule has 0 spiro atoms. The molecule has 166 valence electrons. The SMILES string of the molecule is O=C(NCC(c1ccc(Cl)c(Cl)c1)N1CCC(O)(c2ccccc2)CC1)c1ccccc1. The van der Waals surface area contributed by atoms with E-state index >= 15 is 0 Å². The van der Waals surface area contributed by atoms with Crippen molar-refractivity contribution in [3.8, 4) is 0 Å². The molecule has 0 aromatic heterocycles. The highest BCUT2D eigenvalue weighted by Gasteiger charge is 2.36. The first kappa shape index (κ1) is 22.8. The number of nitrogens with one attached hydrogen (secondary N) is 1. The minimum Gasteiger partial charge on any atom is -0.385 e. The molecule has 0 radical (unpaired) electrons. The first-order chi connectivity index (χ1) is 15.5. The molecule has 6 heteroatoms. The number of hydrogen-bond acceptors (Lipinski definition) is 3. The molecular formula is C26H26Cl2N2O2. The van der Waals surface area contributed by atoms with E-state index in [0.29, 0.717) is 48.1 Å². The quantitative estimate of drug-likeness (QED) is 0.505. The number of carbonyl (C=O) groups is 1. The summed E-state index contributed by atoms with van der Waals surface area (Å²) in [4.78, 5) is 14.9. The predicted octanol–water partition coefficient (Wildman–Crippen LogP) is 5.45. The highest BCUT2D eigenvalue weighted by Crippen LogP contribution is 2.36. The molecule has 1 fully saturated rings. The van der Waals surface area contributed by atoms with Crippen LogP contribution in [0.1, 0.15) is 40.4 Å². The van der Waals surface area contributed by atoms with Crippen LogP contribution in [0.15, 0.2) is 78.9 Å². The van der Waals surface area contributed by atoms with Crippen molar-refractivity contribution in [2.24, 2.45) is 0 Å². The largest absolute Gasteiger partial charge is 0.385 e. The molecule has 1 saturated heterocycles. The van der Waals surface area contributed by atoms with E-state index in [-0.39, 0.29) is 11.9 Å². The molecule has 4 nitrogen and oxygen atoms in total. The summed E-state index contributed by atoms with van der Waals surface area (Å²) >= 11 is 12.4. The van der Waals surface area contributed by atoms with Crippen molar-refractivity contribution >= 4 is 29.1 Å². The number of benzene rings is 3. The normalized spacial score (nSPS) is 17.0. The molecule has 0 aliphatic carbocycles. The Morgan fingerprint density at radius 2 is 1.56 bits per heavy atom. The smallest absolute Gasteiger partial charge is 0.251 e. The molecule has 0 bridgehead atoms. The average Bonchev–Trinajstić information content (AvgIpc) is 2.83. The summed E-state index contributed by atoms with van der Waals surface area (Å²) in [6.45, 7) is 1.81. The Labute approximate surface area is 198 Å². The number of hydrogen-bond donors (Lipinski definition) is 2. The predicted molar refractivity (Wildman–Crippen MR) is 129 cm³/mol. The lowest BCUT2D eigenvalue weighted by molar-refractivity contribution is -0.0359. The van der Waals surface area contributed by atoms with Crippen LogP contribution < -0.4 is 5.32 Å². The molecule has 1 amide bonds. The molecule has 1 aliphatic heterocycles. The Morgan fingerprint density at radius 3 is 2.19 bits per heavy atom. The van der Waals surface area contributed by atoms with Gasteiger partial charge in [0.2, 0.25) is 0 Å². The molecule has 1 heterocycles. The monoisotopic (exact) mass is 468 g/mol. The van der Waals surface area contributed by atoms with Crippen LogP contribution in [-0.2, 0) is 5.60 Å². The molecule has 3 aromatic rings. The second kappa shape index (κ2) is 10.1.